The maximum absolute atomic E-state index is 5.56. The molecule has 0 aliphatic carbocycles. The van der Waals surface area contributed by atoms with Gasteiger partial charge in [-0.1, -0.05) is 44.0 Å². The van der Waals surface area contributed by atoms with Crippen molar-refractivity contribution in [3.05, 3.63) is 24.3 Å². The fourth-order valence-corrected chi connectivity index (χ4v) is 1.66. The molecule has 1 heterocycles. The Kier molecular flexibility index (Phi) is 2.84. The van der Waals surface area contributed by atoms with Crippen molar-refractivity contribution in [2.75, 3.05) is 5.33 Å². The van der Waals surface area contributed by atoms with Crippen LogP contribution in [-0.2, 0) is 0 Å². The number of hydrogen-bond donors (Lipinski definition) is 0. The SMILES string of the molecule is BrCC(Br)B1Oc2ccccc2O1. The van der Waals surface area contributed by atoms with Crippen molar-refractivity contribution >= 4 is 39.0 Å². The molecule has 0 N–H and O–H groups in total. The van der Waals surface area contributed by atoms with E-state index in [0.717, 1.165) is 16.8 Å². The average molecular weight is 306 g/mol. The summed E-state index contributed by atoms with van der Waals surface area (Å²) in [5.74, 6) is 1.64. The molecule has 2 nitrogen and oxygen atoms in total. The van der Waals surface area contributed by atoms with Crippen molar-refractivity contribution < 1.29 is 9.31 Å². The number of hydrogen-bond acceptors (Lipinski definition) is 2. The molecule has 1 aromatic rings. The van der Waals surface area contributed by atoms with E-state index >= 15 is 0 Å². The largest absolute Gasteiger partial charge is 0.610 e. The van der Waals surface area contributed by atoms with Crippen molar-refractivity contribution in [2.24, 2.45) is 0 Å². The Morgan fingerprint density at radius 3 is 2.23 bits per heavy atom. The smallest absolute Gasteiger partial charge is 0.522 e. The summed E-state index contributed by atoms with van der Waals surface area (Å²) in [5.41, 5.74) is 0. The average Bonchev–Trinajstić information content (AvgIpc) is 2.59. The molecular formula is C8H7BBr2O2. The lowest BCUT2D eigenvalue weighted by molar-refractivity contribution is 0.498. The molecule has 0 saturated heterocycles. The van der Waals surface area contributed by atoms with Gasteiger partial charge in [-0.05, 0) is 12.1 Å². The zero-order valence-corrected chi connectivity index (χ0v) is 9.92. The first kappa shape index (κ1) is 9.40. The second-order valence-electron chi connectivity index (χ2n) is 2.72. The van der Waals surface area contributed by atoms with Crippen molar-refractivity contribution in [1.29, 1.82) is 0 Å². The molecule has 1 aliphatic rings. The quantitative estimate of drug-likeness (QED) is 0.618. The summed E-state index contributed by atoms with van der Waals surface area (Å²) in [6.45, 7) is 0. The fourth-order valence-electron chi connectivity index (χ4n) is 1.14. The van der Waals surface area contributed by atoms with Gasteiger partial charge in [-0.2, -0.15) is 0 Å². The van der Waals surface area contributed by atoms with Crippen LogP contribution in [0.5, 0.6) is 11.5 Å². The van der Waals surface area contributed by atoms with E-state index in [-0.39, 0.29) is 11.8 Å². The Bertz CT molecular complexity index is 283. The maximum atomic E-state index is 5.56. The van der Waals surface area contributed by atoms with Crippen LogP contribution in [0, 0.1) is 0 Å². The first-order valence-electron chi connectivity index (χ1n) is 3.93. The first-order valence-corrected chi connectivity index (χ1v) is 5.97. The highest BCUT2D eigenvalue weighted by molar-refractivity contribution is 9.12. The van der Waals surface area contributed by atoms with E-state index in [1.807, 2.05) is 24.3 Å². The molecule has 0 spiro atoms. The van der Waals surface area contributed by atoms with Crippen LogP contribution in [0.2, 0.25) is 0 Å². The summed E-state index contributed by atoms with van der Waals surface area (Å²) in [5, 5.41) is 0.797. The predicted octanol–water partition coefficient (Wildman–Crippen LogP) is 2.64. The fraction of sp³-hybridized carbons (Fsp3) is 0.250. The van der Waals surface area contributed by atoms with E-state index in [2.05, 4.69) is 31.9 Å². The second-order valence-corrected chi connectivity index (χ2v) is 4.54. The molecule has 13 heavy (non-hydrogen) atoms. The molecule has 0 radical (unpaired) electrons. The lowest BCUT2D eigenvalue weighted by atomic mass is 9.86. The summed E-state index contributed by atoms with van der Waals surface area (Å²) >= 11 is 6.83. The van der Waals surface area contributed by atoms with Crippen LogP contribution in [0.3, 0.4) is 0 Å². The van der Waals surface area contributed by atoms with Gasteiger partial charge in [-0.3, -0.25) is 0 Å². The summed E-state index contributed by atoms with van der Waals surface area (Å²) in [6, 6.07) is 7.68. The van der Waals surface area contributed by atoms with E-state index in [0.29, 0.717) is 0 Å². The van der Waals surface area contributed by atoms with E-state index in [9.17, 15) is 0 Å². The number of rotatable bonds is 2. The van der Waals surface area contributed by atoms with Crippen LogP contribution in [0.4, 0.5) is 0 Å². The maximum Gasteiger partial charge on any atom is 0.610 e. The molecule has 1 unspecified atom stereocenters. The molecule has 1 aliphatic heterocycles. The molecule has 1 atom stereocenters. The molecule has 0 fully saturated rings. The third kappa shape index (κ3) is 1.86. The molecule has 1 aromatic carbocycles. The molecule has 0 amide bonds. The van der Waals surface area contributed by atoms with Crippen molar-refractivity contribution in [3.63, 3.8) is 0 Å². The number of alkyl halides is 2. The number of benzene rings is 1. The highest BCUT2D eigenvalue weighted by Crippen LogP contribution is 2.34. The van der Waals surface area contributed by atoms with Crippen LogP contribution >= 0.6 is 31.9 Å². The van der Waals surface area contributed by atoms with E-state index in [1.165, 1.54) is 0 Å². The minimum absolute atomic E-state index is 0.167. The Balaban J connectivity index is 2.14. The summed E-state index contributed by atoms with van der Waals surface area (Å²) in [4.78, 5) is 0. The highest BCUT2D eigenvalue weighted by atomic mass is 79.9. The molecule has 0 bridgehead atoms. The van der Waals surface area contributed by atoms with Gasteiger partial charge in [0.15, 0.2) is 0 Å². The highest BCUT2D eigenvalue weighted by Gasteiger charge is 2.37. The van der Waals surface area contributed by atoms with E-state index in [1.54, 1.807) is 0 Å². The minimum Gasteiger partial charge on any atom is -0.522 e. The molecule has 2 rings (SSSR count). The van der Waals surface area contributed by atoms with Gasteiger partial charge >= 0.3 is 7.12 Å². The van der Waals surface area contributed by atoms with E-state index < -0.39 is 0 Å². The van der Waals surface area contributed by atoms with Gasteiger partial charge in [-0.15, -0.1) is 0 Å². The molecule has 0 aromatic heterocycles. The number of para-hydroxylation sites is 2. The van der Waals surface area contributed by atoms with Gasteiger partial charge in [0.25, 0.3) is 0 Å². The zero-order chi connectivity index (χ0) is 9.26. The van der Waals surface area contributed by atoms with Gasteiger partial charge in [0.1, 0.15) is 11.5 Å². The Morgan fingerprint density at radius 1 is 1.23 bits per heavy atom. The Hall–Kier alpha value is -0.155. The molecule has 68 valence electrons. The molecular weight excluding hydrogens is 299 g/mol. The van der Waals surface area contributed by atoms with Crippen LogP contribution in [0.25, 0.3) is 0 Å². The van der Waals surface area contributed by atoms with Crippen molar-refractivity contribution in [2.45, 2.75) is 4.73 Å². The summed E-state index contributed by atoms with van der Waals surface area (Å²) in [6.07, 6.45) is 0. The van der Waals surface area contributed by atoms with Gasteiger partial charge < -0.3 is 9.31 Å². The topological polar surface area (TPSA) is 18.5 Å². The minimum atomic E-state index is -0.225. The lowest BCUT2D eigenvalue weighted by Gasteiger charge is -2.07. The molecule has 0 saturated carbocycles. The van der Waals surface area contributed by atoms with Crippen LogP contribution in [0.15, 0.2) is 24.3 Å². The Morgan fingerprint density at radius 2 is 1.77 bits per heavy atom. The van der Waals surface area contributed by atoms with Gasteiger partial charge in [-0.25, -0.2) is 0 Å². The normalized spacial score (nSPS) is 16.0. The Labute approximate surface area is 94.0 Å². The zero-order valence-electron chi connectivity index (χ0n) is 6.74. The second kappa shape index (κ2) is 3.92. The summed E-state index contributed by atoms with van der Waals surface area (Å²) in [7, 11) is -0.225. The monoisotopic (exact) mass is 304 g/mol. The van der Waals surface area contributed by atoms with Crippen LogP contribution in [-0.4, -0.2) is 17.2 Å². The van der Waals surface area contributed by atoms with Crippen LogP contribution in [0.1, 0.15) is 0 Å². The van der Waals surface area contributed by atoms with Gasteiger partial charge in [0, 0.05) is 5.33 Å². The predicted molar refractivity (Wildman–Crippen MR) is 60.0 cm³/mol. The lowest BCUT2D eigenvalue weighted by Crippen LogP contribution is -2.36. The number of halogens is 2. The van der Waals surface area contributed by atoms with Crippen LogP contribution < -0.4 is 9.31 Å². The standard InChI is InChI=1S/C8H7BBr2O2/c10-5-8(11)9-12-6-3-1-2-4-7(6)13-9/h1-4,8H,5H2. The summed E-state index contributed by atoms with van der Waals surface area (Å²) < 4.78 is 11.3. The van der Waals surface area contributed by atoms with Crippen molar-refractivity contribution in [1.82, 2.24) is 0 Å². The van der Waals surface area contributed by atoms with Gasteiger partial charge in [0.05, 0.1) is 4.73 Å². The van der Waals surface area contributed by atoms with E-state index in [4.69, 9.17) is 9.31 Å². The third-order valence-corrected chi connectivity index (χ3v) is 4.10. The third-order valence-electron chi connectivity index (χ3n) is 1.78. The van der Waals surface area contributed by atoms with Gasteiger partial charge in [0.2, 0.25) is 0 Å². The number of fused-ring (bicyclic) bond motifs is 1. The molecule has 5 heteroatoms. The first-order chi connectivity index (χ1) is 6.31. The van der Waals surface area contributed by atoms with Crippen molar-refractivity contribution in [3.8, 4) is 11.5 Å².